The van der Waals surface area contributed by atoms with Crippen molar-refractivity contribution in [3.63, 3.8) is 0 Å². The average Bonchev–Trinajstić information content (AvgIpc) is 2.89. The maximum absolute atomic E-state index is 12.5. The van der Waals surface area contributed by atoms with Crippen LogP contribution in [0.25, 0.3) is 0 Å². The largest absolute Gasteiger partial charge is 0.492 e. The third-order valence-electron chi connectivity index (χ3n) is 5.12. The lowest BCUT2D eigenvalue weighted by Gasteiger charge is -2.33. The number of rotatable bonds is 5. The van der Waals surface area contributed by atoms with Gasteiger partial charge in [0.2, 0.25) is 5.91 Å². The summed E-state index contributed by atoms with van der Waals surface area (Å²) in [6.45, 7) is 4.24. The summed E-state index contributed by atoms with van der Waals surface area (Å²) in [6.07, 6.45) is 3.34. The Labute approximate surface area is 138 Å². The van der Waals surface area contributed by atoms with Gasteiger partial charge >= 0.3 is 0 Å². The van der Waals surface area contributed by atoms with E-state index >= 15 is 0 Å². The molecule has 1 aromatic rings. The van der Waals surface area contributed by atoms with Gasteiger partial charge in [-0.2, -0.15) is 0 Å². The van der Waals surface area contributed by atoms with Gasteiger partial charge in [0.15, 0.2) is 0 Å². The number of hydrogen-bond donors (Lipinski definition) is 2. The van der Waals surface area contributed by atoms with Crippen LogP contribution in [0.1, 0.15) is 19.3 Å². The first-order chi connectivity index (χ1) is 11.2. The van der Waals surface area contributed by atoms with E-state index < -0.39 is 0 Å². The van der Waals surface area contributed by atoms with Crippen molar-refractivity contribution in [2.24, 2.45) is 5.41 Å². The molecular weight excluding hydrogens is 290 g/mol. The quantitative estimate of drug-likeness (QED) is 0.803. The molecule has 2 fully saturated rings. The number of carbonyl (C=O) groups excluding carboxylic acids is 1. The zero-order chi connectivity index (χ0) is 16.1. The molecule has 1 atom stereocenters. The molecule has 1 aromatic carbocycles. The molecule has 0 saturated carbocycles. The van der Waals surface area contributed by atoms with Crippen molar-refractivity contribution in [3.8, 4) is 5.75 Å². The van der Waals surface area contributed by atoms with Crippen LogP contribution in [-0.4, -0.2) is 56.7 Å². The van der Waals surface area contributed by atoms with Gasteiger partial charge in [-0.05, 0) is 56.9 Å². The highest BCUT2D eigenvalue weighted by Gasteiger charge is 2.45. The predicted molar refractivity (Wildman–Crippen MR) is 90.5 cm³/mol. The Morgan fingerprint density at radius 2 is 2.09 bits per heavy atom. The second-order valence-electron chi connectivity index (χ2n) is 6.84. The molecular formula is C18H27N3O2. The zero-order valence-electron chi connectivity index (χ0n) is 13.9. The van der Waals surface area contributed by atoms with Crippen LogP contribution >= 0.6 is 0 Å². The molecule has 1 amide bonds. The van der Waals surface area contributed by atoms with Gasteiger partial charge in [0.25, 0.3) is 0 Å². The maximum atomic E-state index is 12.5. The molecule has 2 N–H and O–H groups in total. The molecule has 2 heterocycles. The molecule has 0 aromatic heterocycles. The van der Waals surface area contributed by atoms with Gasteiger partial charge in [-0.15, -0.1) is 0 Å². The average molecular weight is 317 g/mol. The highest BCUT2D eigenvalue weighted by Crippen LogP contribution is 2.41. The Bertz CT molecular complexity index is 514. The molecule has 2 saturated heterocycles. The van der Waals surface area contributed by atoms with Crippen LogP contribution in [0.15, 0.2) is 30.3 Å². The Morgan fingerprint density at radius 3 is 2.83 bits per heavy atom. The third kappa shape index (κ3) is 4.03. The van der Waals surface area contributed by atoms with Crippen molar-refractivity contribution < 1.29 is 9.53 Å². The molecule has 0 bridgehead atoms. The monoisotopic (exact) mass is 317 g/mol. The van der Waals surface area contributed by atoms with Crippen molar-refractivity contribution in [3.05, 3.63) is 30.3 Å². The van der Waals surface area contributed by atoms with E-state index in [1.165, 1.54) is 12.8 Å². The standard InChI is InChI=1S/C18H27N3O2/c1-21-14-18(7-9-19-10-8-18)13-16(21)17(22)20-11-12-23-15-5-3-2-4-6-15/h2-6,16,19H,7-14H2,1H3,(H,20,22). The number of likely N-dealkylation sites (N-methyl/N-ethyl adjacent to an activating group) is 1. The lowest BCUT2D eigenvalue weighted by Crippen LogP contribution is -2.42. The summed E-state index contributed by atoms with van der Waals surface area (Å²) in [5.41, 5.74) is 0.336. The minimum atomic E-state index is 0.00447. The fourth-order valence-corrected chi connectivity index (χ4v) is 3.86. The summed E-state index contributed by atoms with van der Waals surface area (Å²) in [6, 6.07) is 9.70. The molecule has 23 heavy (non-hydrogen) atoms. The normalized spacial score (nSPS) is 23.8. The number of carbonyl (C=O) groups is 1. The number of piperidine rings is 1. The van der Waals surface area contributed by atoms with Gasteiger partial charge in [0.05, 0.1) is 12.6 Å². The van der Waals surface area contributed by atoms with Crippen LogP contribution in [0.2, 0.25) is 0 Å². The molecule has 1 unspecified atom stereocenters. The topological polar surface area (TPSA) is 53.6 Å². The summed E-state index contributed by atoms with van der Waals surface area (Å²) in [5.74, 6) is 0.980. The lowest BCUT2D eigenvalue weighted by molar-refractivity contribution is -0.125. The van der Waals surface area contributed by atoms with E-state index in [2.05, 4.69) is 22.6 Å². The van der Waals surface area contributed by atoms with Gasteiger partial charge in [-0.25, -0.2) is 0 Å². The number of amides is 1. The predicted octanol–water partition coefficient (Wildman–Crippen LogP) is 1.26. The number of benzene rings is 1. The number of ether oxygens (including phenoxy) is 1. The highest BCUT2D eigenvalue weighted by molar-refractivity contribution is 5.82. The molecule has 2 aliphatic heterocycles. The molecule has 5 nitrogen and oxygen atoms in total. The van der Waals surface area contributed by atoms with E-state index in [4.69, 9.17) is 4.74 Å². The fourth-order valence-electron chi connectivity index (χ4n) is 3.86. The first kappa shape index (κ1) is 16.3. The van der Waals surface area contributed by atoms with Gasteiger partial charge in [0.1, 0.15) is 12.4 Å². The molecule has 0 aliphatic carbocycles. The summed E-state index contributed by atoms with van der Waals surface area (Å²) in [4.78, 5) is 14.7. The van der Waals surface area contributed by atoms with Crippen molar-refractivity contribution in [2.45, 2.75) is 25.3 Å². The molecule has 2 aliphatic rings. The Hall–Kier alpha value is -1.59. The van der Waals surface area contributed by atoms with E-state index in [1.807, 2.05) is 30.3 Å². The van der Waals surface area contributed by atoms with Crippen LogP contribution in [0.4, 0.5) is 0 Å². The number of nitrogens with one attached hydrogen (secondary N) is 2. The Morgan fingerprint density at radius 1 is 1.35 bits per heavy atom. The number of likely N-dealkylation sites (tertiary alicyclic amines) is 1. The highest BCUT2D eigenvalue weighted by atomic mass is 16.5. The molecule has 5 heteroatoms. The minimum absolute atomic E-state index is 0.00447. The van der Waals surface area contributed by atoms with Crippen molar-refractivity contribution in [2.75, 3.05) is 39.8 Å². The molecule has 126 valence electrons. The zero-order valence-corrected chi connectivity index (χ0v) is 13.9. The minimum Gasteiger partial charge on any atom is -0.492 e. The van der Waals surface area contributed by atoms with E-state index in [0.717, 1.165) is 31.8 Å². The summed E-state index contributed by atoms with van der Waals surface area (Å²) in [7, 11) is 2.07. The van der Waals surface area contributed by atoms with E-state index in [1.54, 1.807) is 0 Å². The Kier molecular flexibility index (Phi) is 5.18. The molecule has 1 spiro atoms. The van der Waals surface area contributed by atoms with Gasteiger partial charge in [-0.1, -0.05) is 18.2 Å². The first-order valence-corrected chi connectivity index (χ1v) is 8.55. The number of nitrogens with zero attached hydrogens (tertiary/aromatic N) is 1. The van der Waals surface area contributed by atoms with Crippen molar-refractivity contribution in [1.82, 2.24) is 15.5 Å². The van der Waals surface area contributed by atoms with Gasteiger partial charge in [0, 0.05) is 6.54 Å². The third-order valence-corrected chi connectivity index (χ3v) is 5.12. The SMILES string of the molecule is CN1CC2(CCNCC2)CC1C(=O)NCCOc1ccccc1. The van der Waals surface area contributed by atoms with Crippen molar-refractivity contribution >= 4 is 5.91 Å². The van der Waals surface area contributed by atoms with Crippen molar-refractivity contribution in [1.29, 1.82) is 0 Å². The van der Waals surface area contributed by atoms with Crippen LogP contribution in [-0.2, 0) is 4.79 Å². The van der Waals surface area contributed by atoms with E-state index in [9.17, 15) is 4.79 Å². The molecule has 3 rings (SSSR count). The Balaban J connectivity index is 1.43. The summed E-state index contributed by atoms with van der Waals surface area (Å²) < 4.78 is 5.62. The van der Waals surface area contributed by atoms with E-state index in [0.29, 0.717) is 18.6 Å². The number of hydrogen-bond acceptors (Lipinski definition) is 4. The number of para-hydroxylation sites is 1. The van der Waals surface area contributed by atoms with Crippen LogP contribution in [0, 0.1) is 5.41 Å². The van der Waals surface area contributed by atoms with Crippen LogP contribution in [0.5, 0.6) is 5.75 Å². The second-order valence-corrected chi connectivity index (χ2v) is 6.84. The molecule has 0 radical (unpaired) electrons. The van der Waals surface area contributed by atoms with Gasteiger partial charge in [-0.3, -0.25) is 9.69 Å². The smallest absolute Gasteiger partial charge is 0.237 e. The second kappa shape index (κ2) is 7.32. The van der Waals surface area contributed by atoms with Crippen LogP contribution in [0.3, 0.4) is 0 Å². The lowest BCUT2D eigenvalue weighted by atomic mass is 9.77. The van der Waals surface area contributed by atoms with Crippen LogP contribution < -0.4 is 15.4 Å². The van der Waals surface area contributed by atoms with Gasteiger partial charge < -0.3 is 15.4 Å². The van der Waals surface area contributed by atoms with E-state index in [-0.39, 0.29) is 11.9 Å². The first-order valence-electron chi connectivity index (χ1n) is 8.55. The fraction of sp³-hybridized carbons (Fsp3) is 0.611. The summed E-state index contributed by atoms with van der Waals surface area (Å²) >= 11 is 0. The summed E-state index contributed by atoms with van der Waals surface area (Å²) in [5, 5.41) is 6.44. The maximum Gasteiger partial charge on any atom is 0.237 e.